The molecule has 2 aliphatic heterocycles. The Labute approximate surface area is 191 Å². The fraction of sp³-hybridized carbons (Fsp3) is 0.435. The first-order valence-electron chi connectivity index (χ1n) is 10.9. The molecule has 1 aliphatic carbocycles. The van der Waals surface area contributed by atoms with Gasteiger partial charge in [0.25, 0.3) is 0 Å². The van der Waals surface area contributed by atoms with Crippen LogP contribution < -0.4 is 9.64 Å². The number of benzene rings is 1. The zero-order valence-corrected chi connectivity index (χ0v) is 18.8. The number of aromatic nitrogens is 5. The third-order valence-electron chi connectivity index (χ3n) is 6.82. The van der Waals surface area contributed by atoms with E-state index >= 15 is 4.39 Å². The van der Waals surface area contributed by atoms with Gasteiger partial charge in [-0.25, -0.2) is 9.37 Å². The van der Waals surface area contributed by atoms with E-state index in [2.05, 4.69) is 30.0 Å². The molecule has 2 aromatic heterocycles. The highest BCUT2D eigenvalue weighted by atomic mass is 19.1. The second kappa shape index (κ2) is 8.51. The first kappa shape index (κ1) is 21.4. The van der Waals surface area contributed by atoms with Gasteiger partial charge in [0.1, 0.15) is 18.2 Å². The van der Waals surface area contributed by atoms with Crippen molar-refractivity contribution in [2.75, 3.05) is 32.6 Å². The van der Waals surface area contributed by atoms with Crippen LogP contribution in [0.15, 0.2) is 36.7 Å². The molecule has 4 heterocycles. The number of phenolic OH excluding ortho intramolecular Hbond substituents is 1. The Bertz CT molecular complexity index is 1140. The Hall–Kier alpha value is -3.40. The zero-order valence-electron chi connectivity index (χ0n) is 18.8. The molecule has 172 valence electrons. The Morgan fingerprint density at radius 2 is 2.00 bits per heavy atom. The Balaban J connectivity index is 1.36. The van der Waals surface area contributed by atoms with E-state index in [0.29, 0.717) is 28.5 Å². The smallest absolute Gasteiger partial charge is 0.319 e. The van der Waals surface area contributed by atoms with Crippen molar-refractivity contribution in [1.82, 2.24) is 30.0 Å². The summed E-state index contributed by atoms with van der Waals surface area (Å²) in [6.45, 7) is 0.902. The molecule has 3 aromatic rings. The molecule has 1 N–H and O–H groups in total. The number of methoxy groups -OCH3 is 1. The molecule has 33 heavy (non-hydrogen) atoms. The summed E-state index contributed by atoms with van der Waals surface area (Å²) in [5.41, 5.74) is 1.67. The van der Waals surface area contributed by atoms with Crippen molar-refractivity contribution in [3.8, 4) is 34.4 Å². The highest BCUT2D eigenvalue weighted by molar-refractivity contribution is 5.72. The largest absolute Gasteiger partial charge is 0.507 e. The van der Waals surface area contributed by atoms with Gasteiger partial charge < -0.3 is 19.6 Å². The van der Waals surface area contributed by atoms with Crippen LogP contribution in [0.1, 0.15) is 12.8 Å². The van der Waals surface area contributed by atoms with Gasteiger partial charge in [0.05, 0.1) is 18.8 Å². The second-order valence-corrected chi connectivity index (χ2v) is 8.69. The number of ether oxygens (including phenoxy) is 1. The minimum atomic E-state index is -0.917. The molecule has 1 saturated carbocycles. The lowest BCUT2D eigenvalue weighted by atomic mass is 9.74. The van der Waals surface area contributed by atoms with Crippen molar-refractivity contribution in [1.29, 1.82) is 0 Å². The molecule has 0 spiro atoms. The topological polar surface area (TPSA) is 100 Å². The fourth-order valence-corrected chi connectivity index (χ4v) is 5.12. The van der Waals surface area contributed by atoms with E-state index in [-0.39, 0.29) is 29.8 Å². The number of rotatable bonds is 5. The number of hydrogen-bond donors (Lipinski definition) is 1. The molecule has 4 atom stereocenters. The summed E-state index contributed by atoms with van der Waals surface area (Å²) in [6, 6.07) is 8.67. The molecule has 0 amide bonds. The van der Waals surface area contributed by atoms with Crippen LogP contribution in [0.4, 0.5) is 10.2 Å². The molecule has 2 unspecified atom stereocenters. The molecule has 9 nitrogen and oxygen atoms in total. The van der Waals surface area contributed by atoms with Gasteiger partial charge in [-0.3, -0.25) is 0 Å². The Morgan fingerprint density at radius 3 is 2.67 bits per heavy atom. The molecule has 10 heteroatoms. The third-order valence-corrected chi connectivity index (χ3v) is 6.82. The van der Waals surface area contributed by atoms with Crippen LogP contribution in [-0.4, -0.2) is 81.2 Å². The Kier molecular flexibility index (Phi) is 5.53. The number of halogens is 1. The molecular formula is C23H26FN7O2. The number of aromatic hydroxyl groups is 1. The van der Waals surface area contributed by atoms with E-state index in [1.54, 1.807) is 24.3 Å². The van der Waals surface area contributed by atoms with Crippen molar-refractivity contribution < 1.29 is 14.2 Å². The molecule has 3 aliphatic rings. The first-order valence-corrected chi connectivity index (χ1v) is 10.9. The first-order chi connectivity index (χ1) is 16.0. The summed E-state index contributed by atoms with van der Waals surface area (Å²) in [7, 11) is 5.37. The quantitative estimate of drug-likeness (QED) is 0.627. The van der Waals surface area contributed by atoms with Gasteiger partial charge >= 0.3 is 6.01 Å². The van der Waals surface area contributed by atoms with Crippen LogP contribution in [0.25, 0.3) is 22.6 Å². The predicted octanol–water partition coefficient (Wildman–Crippen LogP) is 2.58. The van der Waals surface area contributed by atoms with Crippen LogP contribution >= 0.6 is 0 Å². The fourth-order valence-electron chi connectivity index (χ4n) is 5.12. The summed E-state index contributed by atoms with van der Waals surface area (Å²) in [5, 5.41) is 19.3. The minimum Gasteiger partial charge on any atom is -0.507 e. The maximum absolute atomic E-state index is 15.2. The summed E-state index contributed by atoms with van der Waals surface area (Å²) >= 11 is 0. The van der Waals surface area contributed by atoms with Crippen LogP contribution in [0.2, 0.25) is 0 Å². The van der Waals surface area contributed by atoms with Gasteiger partial charge in [-0.1, -0.05) is 6.07 Å². The van der Waals surface area contributed by atoms with Crippen molar-refractivity contribution in [2.45, 2.75) is 31.1 Å². The second-order valence-electron chi connectivity index (χ2n) is 8.69. The van der Waals surface area contributed by atoms with E-state index in [0.717, 1.165) is 19.4 Å². The molecule has 0 radical (unpaired) electrons. The van der Waals surface area contributed by atoms with Gasteiger partial charge in [0.2, 0.25) is 0 Å². The van der Waals surface area contributed by atoms with Crippen LogP contribution in [-0.2, 0) is 0 Å². The molecule has 2 bridgehead atoms. The van der Waals surface area contributed by atoms with Crippen molar-refractivity contribution >= 4 is 5.82 Å². The highest BCUT2D eigenvalue weighted by Crippen LogP contribution is 2.40. The number of phenols is 1. The predicted molar refractivity (Wildman–Crippen MR) is 121 cm³/mol. The monoisotopic (exact) mass is 451 g/mol. The Morgan fingerprint density at radius 1 is 1.15 bits per heavy atom. The lowest BCUT2D eigenvalue weighted by Gasteiger charge is -2.52. The average Bonchev–Trinajstić information content (AvgIpc) is 2.84. The summed E-state index contributed by atoms with van der Waals surface area (Å²) in [5.74, 6) is 1.31. The molecule has 2 saturated heterocycles. The maximum Gasteiger partial charge on any atom is 0.319 e. The van der Waals surface area contributed by atoms with Gasteiger partial charge in [0, 0.05) is 30.8 Å². The minimum absolute atomic E-state index is 0.0266. The normalized spacial score (nSPS) is 24.6. The number of alkyl halides is 1. The number of fused-ring (bicyclic) bond motifs is 3. The maximum atomic E-state index is 15.2. The average molecular weight is 452 g/mol. The van der Waals surface area contributed by atoms with Crippen molar-refractivity contribution in [2.24, 2.45) is 5.92 Å². The molecule has 3 fully saturated rings. The van der Waals surface area contributed by atoms with Crippen LogP contribution in [0, 0.1) is 5.92 Å². The number of nitrogens with zero attached hydrogens (tertiary/aromatic N) is 7. The van der Waals surface area contributed by atoms with E-state index < -0.39 is 6.17 Å². The van der Waals surface area contributed by atoms with Gasteiger partial charge in [-0.15, -0.1) is 10.2 Å². The number of anilines is 1. The van der Waals surface area contributed by atoms with Gasteiger partial charge in [0.15, 0.2) is 11.6 Å². The summed E-state index contributed by atoms with van der Waals surface area (Å²) in [6.07, 6.45) is 2.37. The summed E-state index contributed by atoms with van der Waals surface area (Å²) < 4.78 is 20.2. The van der Waals surface area contributed by atoms with E-state index in [1.807, 2.05) is 25.1 Å². The lowest BCUT2D eigenvalue weighted by Crippen LogP contribution is -2.64. The van der Waals surface area contributed by atoms with Gasteiger partial charge in [-0.2, -0.15) is 9.97 Å². The number of hydrogen-bond acceptors (Lipinski definition) is 9. The number of piperidine rings is 2. The zero-order chi connectivity index (χ0) is 23.1. The van der Waals surface area contributed by atoms with Crippen molar-refractivity contribution in [3.05, 3.63) is 36.7 Å². The van der Waals surface area contributed by atoms with Crippen molar-refractivity contribution in [3.63, 3.8) is 0 Å². The highest BCUT2D eigenvalue weighted by Gasteiger charge is 2.48. The SMILES string of the molecule is COc1ncnc(-c2ccc(-c3ccc(N(C)[C@H]4C5CCC([C@H]4F)N(C)C5)nn3)c(O)c2)n1. The third kappa shape index (κ3) is 3.84. The van der Waals surface area contributed by atoms with E-state index in [1.165, 1.54) is 13.4 Å². The van der Waals surface area contributed by atoms with Gasteiger partial charge in [-0.05, 0) is 50.1 Å². The van der Waals surface area contributed by atoms with Crippen LogP contribution in [0.3, 0.4) is 0 Å². The van der Waals surface area contributed by atoms with Crippen LogP contribution in [0.5, 0.6) is 11.8 Å². The standard InChI is InChI=1S/C23H26FN7O2/c1-30-11-14-5-8-17(30)20(24)21(14)31(2)19-9-7-16(28-29-19)15-6-4-13(10-18(15)32)22-25-12-26-23(27-22)33-3/h4,6-7,9-10,12,14,17,20-21,32H,5,8,11H2,1-3H3/t14?,17?,20-,21+/m1/s1. The van der Waals surface area contributed by atoms with E-state index in [4.69, 9.17) is 4.74 Å². The van der Waals surface area contributed by atoms with E-state index in [9.17, 15) is 5.11 Å². The molecule has 6 rings (SSSR count). The summed E-state index contributed by atoms with van der Waals surface area (Å²) in [4.78, 5) is 16.3. The lowest BCUT2D eigenvalue weighted by molar-refractivity contribution is -0.0177. The molecule has 1 aromatic carbocycles. The molecular weight excluding hydrogens is 425 g/mol.